The van der Waals surface area contributed by atoms with Gasteiger partial charge >= 0.3 is 0 Å². The maximum Gasteiger partial charge on any atom is 0.243 e. The lowest BCUT2D eigenvalue weighted by Gasteiger charge is -2.14. The minimum atomic E-state index is -0.228. The summed E-state index contributed by atoms with van der Waals surface area (Å²) in [6.07, 6.45) is 0. The zero-order valence-electron chi connectivity index (χ0n) is 14.7. The third-order valence-corrected chi connectivity index (χ3v) is 3.53. The van der Waals surface area contributed by atoms with E-state index in [-0.39, 0.29) is 12.5 Å². The van der Waals surface area contributed by atoms with E-state index in [1.54, 1.807) is 57.7 Å². The van der Waals surface area contributed by atoms with Crippen molar-refractivity contribution in [2.75, 3.05) is 45.6 Å². The molecule has 7 heteroatoms. The molecule has 0 radical (unpaired) electrons. The van der Waals surface area contributed by atoms with Crippen LogP contribution in [0.25, 0.3) is 0 Å². The number of carbonyl (C=O) groups is 1. The molecule has 0 aliphatic rings. The summed E-state index contributed by atoms with van der Waals surface area (Å²) in [4.78, 5) is 12.2. The molecule has 0 heterocycles. The number of amides is 1. The number of ether oxygens (including phenoxy) is 4. The predicted octanol–water partition coefficient (Wildman–Crippen LogP) is 2.77. The molecule has 0 aliphatic heterocycles. The molecule has 2 aromatic carbocycles. The van der Waals surface area contributed by atoms with Gasteiger partial charge in [0.15, 0.2) is 0 Å². The van der Waals surface area contributed by atoms with Crippen molar-refractivity contribution in [1.82, 2.24) is 0 Å². The molecular weight excluding hydrogens is 324 g/mol. The molecule has 0 bridgehead atoms. The first-order valence-electron chi connectivity index (χ1n) is 7.59. The van der Waals surface area contributed by atoms with Crippen LogP contribution in [0.1, 0.15) is 0 Å². The lowest BCUT2D eigenvalue weighted by molar-refractivity contribution is -0.114. The normalized spacial score (nSPS) is 9.92. The van der Waals surface area contributed by atoms with Crippen LogP contribution in [0.15, 0.2) is 36.4 Å². The van der Waals surface area contributed by atoms with Crippen molar-refractivity contribution in [3.05, 3.63) is 36.4 Å². The number of nitrogens with one attached hydrogen (secondary N) is 2. The number of rotatable bonds is 8. The standard InChI is InChI=1S/C18H22N2O5/c1-22-12-6-8-16(24-3)15(9-12)19-11-18(21)20-14-7-5-13(23-2)10-17(14)25-4/h5-10,19H,11H2,1-4H3,(H,20,21). The van der Waals surface area contributed by atoms with Crippen LogP contribution in [0.4, 0.5) is 11.4 Å². The van der Waals surface area contributed by atoms with Crippen LogP contribution < -0.4 is 29.6 Å². The Bertz CT molecular complexity index is 733. The second kappa shape index (κ2) is 8.68. The fraction of sp³-hybridized carbons (Fsp3) is 0.278. The van der Waals surface area contributed by atoms with Crippen LogP contribution in [-0.4, -0.2) is 40.9 Å². The Labute approximate surface area is 146 Å². The van der Waals surface area contributed by atoms with Gasteiger partial charge in [-0.3, -0.25) is 4.79 Å². The van der Waals surface area contributed by atoms with Gasteiger partial charge in [-0.15, -0.1) is 0 Å². The van der Waals surface area contributed by atoms with E-state index in [0.717, 1.165) is 0 Å². The summed E-state index contributed by atoms with van der Waals surface area (Å²) in [6.45, 7) is 0.0543. The Hall–Kier alpha value is -3.09. The lowest BCUT2D eigenvalue weighted by atomic mass is 10.2. The average molecular weight is 346 g/mol. The van der Waals surface area contributed by atoms with Crippen molar-refractivity contribution in [2.45, 2.75) is 0 Å². The molecule has 0 saturated heterocycles. The molecule has 7 nitrogen and oxygen atoms in total. The molecule has 0 spiro atoms. The number of hydrogen-bond donors (Lipinski definition) is 2. The quantitative estimate of drug-likeness (QED) is 0.765. The van der Waals surface area contributed by atoms with Crippen molar-refractivity contribution in [1.29, 1.82) is 0 Å². The van der Waals surface area contributed by atoms with Crippen molar-refractivity contribution >= 4 is 17.3 Å². The Morgan fingerprint density at radius 3 is 2.08 bits per heavy atom. The molecule has 134 valence electrons. The van der Waals surface area contributed by atoms with Crippen molar-refractivity contribution < 1.29 is 23.7 Å². The maximum absolute atomic E-state index is 12.2. The first-order chi connectivity index (χ1) is 12.1. The molecular formula is C18H22N2O5. The number of carbonyl (C=O) groups excluding carboxylic acids is 1. The van der Waals surface area contributed by atoms with E-state index in [9.17, 15) is 4.79 Å². The summed E-state index contributed by atoms with van der Waals surface area (Å²) in [5, 5.41) is 5.83. The van der Waals surface area contributed by atoms with E-state index in [1.165, 1.54) is 7.11 Å². The summed E-state index contributed by atoms with van der Waals surface area (Å²) in [5.74, 6) is 2.23. The smallest absolute Gasteiger partial charge is 0.243 e. The molecule has 2 aromatic rings. The maximum atomic E-state index is 12.2. The average Bonchev–Trinajstić information content (AvgIpc) is 2.66. The topological polar surface area (TPSA) is 78.1 Å². The minimum absolute atomic E-state index is 0.0543. The SMILES string of the molecule is COc1ccc(OC)c(NCC(=O)Nc2ccc(OC)cc2OC)c1. The van der Waals surface area contributed by atoms with E-state index in [4.69, 9.17) is 18.9 Å². The molecule has 0 aromatic heterocycles. The Morgan fingerprint density at radius 2 is 1.44 bits per heavy atom. The molecule has 2 N–H and O–H groups in total. The predicted molar refractivity (Wildman–Crippen MR) is 96.2 cm³/mol. The van der Waals surface area contributed by atoms with Crippen LogP contribution in [0.5, 0.6) is 23.0 Å². The minimum Gasteiger partial charge on any atom is -0.497 e. The molecule has 0 saturated carbocycles. The van der Waals surface area contributed by atoms with Crippen LogP contribution >= 0.6 is 0 Å². The summed E-state index contributed by atoms with van der Waals surface area (Å²) in [6, 6.07) is 10.5. The Balaban J connectivity index is 2.04. The number of methoxy groups -OCH3 is 4. The van der Waals surface area contributed by atoms with E-state index in [2.05, 4.69) is 10.6 Å². The zero-order chi connectivity index (χ0) is 18.2. The van der Waals surface area contributed by atoms with Gasteiger partial charge in [0, 0.05) is 12.1 Å². The van der Waals surface area contributed by atoms with Gasteiger partial charge in [0.2, 0.25) is 5.91 Å². The molecule has 0 unspecified atom stereocenters. The molecule has 1 amide bonds. The van der Waals surface area contributed by atoms with Gasteiger partial charge in [0.05, 0.1) is 46.4 Å². The summed E-state index contributed by atoms with van der Waals surface area (Å²) in [7, 11) is 6.24. The Morgan fingerprint density at radius 1 is 0.800 bits per heavy atom. The van der Waals surface area contributed by atoms with Crippen LogP contribution in [0.3, 0.4) is 0 Å². The van der Waals surface area contributed by atoms with Crippen LogP contribution in [0, 0.1) is 0 Å². The number of hydrogen-bond acceptors (Lipinski definition) is 6. The zero-order valence-corrected chi connectivity index (χ0v) is 14.7. The molecule has 0 fully saturated rings. The van der Waals surface area contributed by atoms with Gasteiger partial charge < -0.3 is 29.6 Å². The highest BCUT2D eigenvalue weighted by Crippen LogP contribution is 2.30. The van der Waals surface area contributed by atoms with E-state index >= 15 is 0 Å². The molecule has 25 heavy (non-hydrogen) atoms. The van der Waals surface area contributed by atoms with Gasteiger partial charge in [-0.2, -0.15) is 0 Å². The first-order valence-corrected chi connectivity index (χ1v) is 7.59. The number of anilines is 2. The monoisotopic (exact) mass is 346 g/mol. The van der Waals surface area contributed by atoms with Crippen LogP contribution in [0.2, 0.25) is 0 Å². The van der Waals surface area contributed by atoms with E-state index in [1.807, 2.05) is 0 Å². The van der Waals surface area contributed by atoms with Gasteiger partial charge in [-0.1, -0.05) is 0 Å². The second-order valence-corrected chi connectivity index (χ2v) is 5.03. The van der Waals surface area contributed by atoms with Gasteiger partial charge in [-0.05, 0) is 24.3 Å². The van der Waals surface area contributed by atoms with Gasteiger partial charge in [0.1, 0.15) is 23.0 Å². The Kier molecular flexibility index (Phi) is 6.33. The third kappa shape index (κ3) is 4.69. The highest BCUT2D eigenvalue weighted by Gasteiger charge is 2.11. The molecule has 2 rings (SSSR count). The van der Waals surface area contributed by atoms with Gasteiger partial charge in [0.25, 0.3) is 0 Å². The van der Waals surface area contributed by atoms with Gasteiger partial charge in [-0.25, -0.2) is 0 Å². The second-order valence-electron chi connectivity index (χ2n) is 5.03. The van der Waals surface area contributed by atoms with Crippen molar-refractivity contribution in [3.63, 3.8) is 0 Å². The highest BCUT2D eigenvalue weighted by molar-refractivity contribution is 5.95. The van der Waals surface area contributed by atoms with E-state index in [0.29, 0.717) is 34.4 Å². The van der Waals surface area contributed by atoms with E-state index < -0.39 is 0 Å². The lowest BCUT2D eigenvalue weighted by Crippen LogP contribution is -2.22. The third-order valence-electron chi connectivity index (χ3n) is 3.53. The molecule has 0 aliphatic carbocycles. The fourth-order valence-corrected chi connectivity index (χ4v) is 2.22. The van der Waals surface area contributed by atoms with Crippen LogP contribution in [-0.2, 0) is 4.79 Å². The largest absolute Gasteiger partial charge is 0.497 e. The van der Waals surface area contributed by atoms with Crippen molar-refractivity contribution in [2.24, 2.45) is 0 Å². The number of benzene rings is 2. The summed E-state index contributed by atoms with van der Waals surface area (Å²) >= 11 is 0. The highest BCUT2D eigenvalue weighted by atomic mass is 16.5. The molecule has 0 atom stereocenters. The van der Waals surface area contributed by atoms with Crippen molar-refractivity contribution in [3.8, 4) is 23.0 Å². The fourth-order valence-electron chi connectivity index (χ4n) is 2.22. The summed E-state index contributed by atoms with van der Waals surface area (Å²) in [5.41, 5.74) is 1.23. The first kappa shape index (κ1) is 18.3. The summed E-state index contributed by atoms with van der Waals surface area (Å²) < 4.78 is 20.9.